The molecule has 1 aliphatic rings. The number of aromatic nitrogens is 6. The van der Waals surface area contributed by atoms with Gasteiger partial charge in [-0.3, -0.25) is 9.36 Å². The van der Waals surface area contributed by atoms with Gasteiger partial charge in [0.25, 0.3) is 0 Å². The highest BCUT2D eigenvalue weighted by Gasteiger charge is 2.25. The Morgan fingerprint density at radius 2 is 1.58 bits per heavy atom. The molecule has 1 fully saturated rings. The number of rotatable bonds is 7. The van der Waals surface area contributed by atoms with E-state index in [0.717, 1.165) is 59.3 Å². The summed E-state index contributed by atoms with van der Waals surface area (Å²) in [4.78, 5) is 9.67. The summed E-state index contributed by atoms with van der Waals surface area (Å²) in [5.74, 6) is 1.91. The van der Waals surface area contributed by atoms with Crippen LogP contribution in [0.3, 0.4) is 0 Å². The lowest BCUT2D eigenvalue weighted by atomic mass is 9.87. The molecule has 0 atom stereocenters. The van der Waals surface area contributed by atoms with Gasteiger partial charge in [-0.15, -0.1) is 0 Å². The van der Waals surface area contributed by atoms with Crippen LogP contribution in [0.25, 0.3) is 33.6 Å². The van der Waals surface area contributed by atoms with E-state index < -0.39 is 9.84 Å². The van der Waals surface area contributed by atoms with Crippen LogP contribution in [0.15, 0.2) is 55.2 Å². The van der Waals surface area contributed by atoms with Crippen molar-refractivity contribution in [3.05, 3.63) is 55.2 Å². The zero-order valence-corrected chi connectivity index (χ0v) is 21.6. The molecule has 4 aromatic rings. The fraction of sp³-hybridized carbons (Fsp3) is 0.385. The van der Waals surface area contributed by atoms with Crippen LogP contribution in [0.1, 0.15) is 25.7 Å². The van der Waals surface area contributed by atoms with Gasteiger partial charge in [0.15, 0.2) is 5.82 Å². The van der Waals surface area contributed by atoms with Gasteiger partial charge in [-0.2, -0.15) is 10.2 Å². The van der Waals surface area contributed by atoms with Crippen LogP contribution in [0.5, 0.6) is 0 Å². The topological polar surface area (TPSA) is 108 Å². The van der Waals surface area contributed by atoms with Crippen molar-refractivity contribution in [3.63, 3.8) is 0 Å². The molecule has 3 heterocycles. The lowest BCUT2D eigenvalue weighted by Gasteiger charge is -2.29. The van der Waals surface area contributed by atoms with E-state index in [2.05, 4.69) is 27.6 Å². The van der Waals surface area contributed by atoms with Gasteiger partial charge in [-0.1, -0.05) is 18.2 Å². The molecule has 0 aliphatic heterocycles. The maximum atomic E-state index is 11.7. The standard InChI is InChI=1S/C26H31N7O2S/c1-32-15-21(12-28-32)19-5-4-6-20(11-19)25-27-14-24(22-13-29-33(2)16-22)26(31-25)30-23-9-7-18(8-10-23)17-36(3,34)35/h4-6,11-16,18,23H,7-10,17H2,1-3H3,(H,27,30,31). The lowest BCUT2D eigenvalue weighted by Crippen LogP contribution is -2.29. The van der Waals surface area contributed by atoms with E-state index in [1.54, 1.807) is 9.36 Å². The number of sulfone groups is 1. The first-order chi connectivity index (χ1) is 17.2. The smallest absolute Gasteiger partial charge is 0.161 e. The number of nitrogens with one attached hydrogen (secondary N) is 1. The molecule has 0 spiro atoms. The van der Waals surface area contributed by atoms with Gasteiger partial charge in [0.1, 0.15) is 15.7 Å². The molecular formula is C26H31N7O2S. The Morgan fingerprint density at radius 1 is 0.917 bits per heavy atom. The number of anilines is 1. The molecule has 0 amide bonds. The second-order valence-corrected chi connectivity index (χ2v) is 12.0. The number of nitrogens with zero attached hydrogens (tertiary/aromatic N) is 6. The van der Waals surface area contributed by atoms with Crippen molar-refractivity contribution < 1.29 is 8.42 Å². The molecule has 1 aromatic carbocycles. The van der Waals surface area contributed by atoms with Gasteiger partial charge in [0, 0.05) is 67.2 Å². The molecule has 3 aromatic heterocycles. The third kappa shape index (κ3) is 5.64. The SMILES string of the molecule is Cn1cc(-c2cccc(-c3ncc(-c4cnn(C)c4)c(NC4CCC(CS(C)(=O)=O)CC4)n3)c2)cn1. The molecule has 9 nitrogen and oxygen atoms in total. The fourth-order valence-electron chi connectivity index (χ4n) is 4.91. The van der Waals surface area contributed by atoms with Crippen LogP contribution in [0.2, 0.25) is 0 Å². The summed E-state index contributed by atoms with van der Waals surface area (Å²) in [6.45, 7) is 0. The zero-order valence-electron chi connectivity index (χ0n) is 20.8. The first-order valence-electron chi connectivity index (χ1n) is 12.1. The quantitative estimate of drug-likeness (QED) is 0.405. The van der Waals surface area contributed by atoms with Crippen molar-refractivity contribution in [1.82, 2.24) is 29.5 Å². The summed E-state index contributed by atoms with van der Waals surface area (Å²) < 4.78 is 27.0. The highest BCUT2D eigenvalue weighted by Crippen LogP contribution is 2.33. The van der Waals surface area contributed by atoms with Crippen molar-refractivity contribution in [2.24, 2.45) is 20.0 Å². The first kappa shape index (κ1) is 24.2. The average Bonchev–Trinajstić information content (AvgIpc) is 3.48. The summed E-state index contributed by atoms with van der Waals surface area (Å²) >= 11 is 0. The Labute approximate surface area is 211 Å². The minimum atomic E-state index is -2.95. The van der Waals surface area contributed by atoms with Crippen molar-refractivity contribution in [3.8, 4) is 33.6 Å². The van der Waals surface area contributed by atoms with Gasteiger partial charge in [-0.05, 0) is 43.2 Å². The van der Waals surface area contributed by atoms with E-state index in [0.29, 0.717) is 5.82 Å². The van der Waals surface area contributed by atoms with Crippen molar-refractivity contribution >= 4 is 15.7 Å². The maximum absolute atomic E-state index is 11.7. The average molecular weight is 506 g/mol. The molecule has 0 radical (unpaired) electrons. The molecule has 188 valence electrons. The fourth-order valence-corrected chi connectivity index (χ4v) is 6.10. The van der Waals surface area contributed by atoms with Crippen molar-refractivity contribution in [1.29, 1.82) is 0 Å². The number of hydrogen-bond donors (Lipinski definition) is 1. The number of aryl methyl sites for hydroxylation is 2. The molecule has 36 heavy (non-hydrogen) atoms. The van der Waals surface area contributed by atoms with Crippen LogP contribution in [-0.4, -0.2) is 56.0 Å². The van der Waals surface area contributed by atoms with Crippen molar-refractivity contribution in [2.45, 2.75) is 31.7 Å². The van der Waals surface area contributed by atoms with E-state index in [1.807, 2.05) is 57.2 Å². The molecule has 5 rings (SSSR count). The zero-order chi connectivity index (χ0) is 25.3. The molecule has 0 saturated heterocycles. The summed E-state index contributed by atoms with van der Waals surface area (Å²) in [7, 11) is 0.836. The number of hydrogen-bond acceptors (Lipinski definition) is 7. The van der Waals surface area contributed by atoms with Gasteiger partial charge in [0.2, 0.25) is 0 Å². The van der Waals surface area contributed by atoms with Gasteiger partial charge in [-0.25, -0.2) is 18.4 Å². The van der Waals surface area contributed by atoms with Crippen molar-refractivity contribution in [2.75, 3.05) is 17.3 Å². The lowest BCUT2D eigenvalue weighted by molar-refractivity contribution is 0.361. The molecule has 1 N–H and O–H groups in total. The monoisotopic (exact) mass is 505 g/mol. The Bertz CT molecular complexity index is 1470. The first-order valence-corrected chi connectivity index (χ1v) is 14.2. The molecule has 1 saturated carbocycles. The predicted octanol–water partition coefficient (Wildman–Crippen LogP) is 3.96. The Balaban J connectivity index is 1.43. The van der Waals surface area contributed by atoms with E-state index >= 15 is 0 Å². The maximum Gasteiger partial charge on any atom is 0.161 e. The molecule has 1 aliphatic carbocycles. The van der Waals surface area contributed by atoms with Crippen LogP contribution in [0.4, 0.5) is 5.82 Å². The van der Waals surface area contributed by atoms with Gasteiger partial charge < -0.3 is 5.32 Å². The number of benzene rings is 1. The van der Waals surface area contributed by atoms with Crippen LogP contribution in [0, 0.1) is 5.92 Å². The predicted molar refractivity (Wildman–Crippen MR) is 141 cm³/mol. The van der Waals surface area contributed by atoms with E-state index in [1.165, 1.54) is 6.26 Å². The van der Waals surface area contributed by atoms with Gasteiger partial charge >= 0.3 is 0 Å². The van der Waals surface area contributed by atoms with E-state index in [4.69, 9.17) is 9.97 Å². The Morgan fingerprint density at radius 3 is 2.22 bits per heavy atom. The minimum Gasteiger partial charge on any atom is -0.367 e. The van der Waals surface area contributed by atoms with E-state index in [-0.39, 0.29) is 17.7 Å². The second kappa shape index (κ2) is 9.85. The third-order valence-corrected chi connectivity index (χ3v) is 7.77. The third-order valence-electron chi connectivity index (χ3n) is 6.69. The molecular weight excluding hydrogens is 474 g/mol. The molecule has 0 bridgehead atoms. The Kier molecular flexibility index (Phi) is 6.61. The summed E-state index contributed by atoms with van der Waals surface area (Å²) in [6, 6.07) is 8.38. The largest absolute Gasteiger partial charge is 0.367 e. The van der Waals surface area contributed by atoms with Crippen LogP contribution >= 0.6 is 0 Å². The summed E-state index contributed by atoms with van der Waals surface area (Å²) in [6.07, 6.45) is 14.4. The van der Waals surface area contributed by atoms with Crippen LogP contribution < -0.4 is 5.32 Å². The minimum absolute atomic E-state index is 0.223. The molecule has 0 unspecified atom stereocenters. The van der Waals surface area contributed by atoms with Gasteiger partial charge in [0.05, 0.1) is 18.1 Å². The molecule has 10 heteroatoms. The highest BCUT2D eigenvalue weighted by molar-refractivity contribution is 7.90. The highest BCUT2D eigenvalue weighted by atomic mass is 32.2. The van der Waals surface area contributed by atoms with Crippen LogP contribution in [-0.2, 0) is 23.9 Å². The normalized spacial score (nSPS) is 18.3. The van der Waals surface area contributed by atoms with E-state index in [9.17, 15) is 8.42 Å². The summed E-state index contributed by atoms with van der Waals surface area (Å²) in [5.41, 5.74) is 4.86. The summed E-state index contributed by atoms with van der Waals surface area (Å²) in [5, 5.41) is 12.3. The second-order valence-electron chi connectivity index (χ2n) is 9.80. The Hall–Kier alpha value is -3.53.